The number of Topliss-reactive ketones (excluding diaryl/α,β-unsaturated/α-hetero) is 1. The number of H-pyrrole nitrogens is 1. The maximum Gasteiger partial charge on any atom is 0.210 e. The van der Waals surface area contributed by atoms with Crippen LogP contribution in [0.25, 0.3) is 21.7 Å². The molecule has 0 amide bonds. The molecule has 0 bridgehead atoms. The molecule has 0 saturated heterocycles. The number of nitrogens with one attached hydrogen (secondary N) is 1. The molecule has 36 heavy (non-hydrogen) atoms. The number of para-hydroxylation sites is 1. The number of aromatic nitrogens is 4. The summed E-state index contributed by atoms with van der Waals surface area (Å²) in [5.41, 5.74) is 3.58. The van der Waals surface area contributed by atoms with Crippen LogP contribution in [-0.4, -0.2) is 25.6 Å². The molecule has 176 valence electrons. The van der Waals surface area contributed by atoms with Gasteiger partial charge in [0, 0.05) is 29.1 Å². The summed E-state index contributed by atoms with van der Waals surface area (Å²) in [5.74, 6) is 7.11. The van der Waals surface area contributed by atoms with Crippen molar-refractivity contribution in [2.75, 3.05) is 5.84 Å². The van der Waals surface area contributed by atoms with Crippen LogP contribution in [0, 0.1) is 0 Å². The van der Waals surface area contributed by atoms with Gasteiger partial charge in [-0.05, 0) is 28.0 Å². The first-order chi connectivity index (χ1) is 17.7. The van der Waals surface area contributed by atoms with Gasteiger partial charge in [-0.3, -0.25) is 4.79 Å². The number of aromatic amines is 1. The second-order valence-corrected chi connectivity index (χ2v) is 9.68. The van der Waals surface area contributed by atoms with Crippen LogP contribution in [-0.2, 0) is 6.42 Å². The smallest absolute Gasteiger partial charge is 0.210 e. The Labute approximate surface area is 212 Å². The van der Waals surface area contributed by atoms with E-state index in [-0.39, 0.29) is 5.78 Å². The van der Waals surface area contributed by atoms with Crippen molar-refractivity contribution in [2.24, 2.45) is 0 Å². The highest BCUT2D eigenvalue weighted by molar-refractivity contribution is 8.00. The summed E-state index contributed by atoms with van der Waals surface area (Å²) in [4.78, 5) is 17.0. The van der Waals surface area contributed by atoms with E-state index in [0.29, 0.717) is 23.0 Å². The molecule has 0 aliphatic heterocycles. The van der Waals surface area contributed by atoms with Crippen molar-refractivity contribution < 1.29 is 4.79 Å². The van der Waals surface area contributed by atoms with Crippen LogP contribution in [0.1, 0.15) is 32.6 Å². The van der Waals surface area contributed by atoms with Crippen LogP contribution in [0.2, 0.25) is 0 Å². The third-order valence-corrected chi connectivity index (χ3v) is 7.59. The lowest BCUT2D eigenvalue weighted by molar-refractivity contribution is 0.0991. The lowest BCUT2D eigenvalue weighted by Gasteiger charge is -2.15. The summed E-state index contributed by atoms with van der Waals surface area (Å²) in [6.45, 7) is 0. The highest BCUT2D eigenvalue weighted by Crippen LogP contribution is 2.38. The maximum absolute atomic E-state index is 13.8. The van der Waals surface area contributed by atoms with Gasteiger partial charge in [-0.25, -0.2) is 4.68 Å². The second kappa shape index (κ2) is 9.36. The number of nitrogens with two attached hydrogens (primary N) is 1. The molecule has 6 aromatic rings. The van der Waals surface area contributed by atoms with Crippen molar-refractivity contribution in [3.63, 3.8) is 0 Å². The van der Waals surface area contributed by atoms with Gasteiger partial charge in [0.1, 0.15) is 5.25 Å². The van der Waals surface area contributed by atoms with Gasteiger partial charge >= 0.3 is 0 Å². The Bertz CT molecular complexity index is 1680. The summed E-state index contributed by atoms with van der Waals surface area (Å²) < 4.78 is 1.50. The molecular weight excluding hydrogens is 466 g/mol. The van der Waals surface area contributed by atoms with E-state index < -0.39 is 5.25 Å². The molecule has 0 aliphatic carbocycles. The van der Waals surface area contributed by atoms with Crippen LogP contribution in [0.4, 0.5) is 0 Å². The zero-order valence-electron chi connectivity index (χ0n) is 19.3. The van der Waals surface area contributed by atoms with Gasteiger partial charge in [-0.2, -0.15) is 0 Å². The van der Waals surface area contributed by atoms with Crippen molar-refractivity contribution in [3.05, 3.63) is 126 Å². The number of hydrogen-bond donors (Lipinski definition) is 2. The number of hydrogen-bond acceptors (Lipinski definition) is 5. The SMILES string of the molecule is Nn1c(Cc2cccc3ccccc23)nnc1SC(C(=O)c1c[nH]c2ccccc12)c1ccccc1. The number of nitrogens with zero attached hydrogens (tertiary/aromatic N) is 3. The summed E-state index contributed by atoms with van der Waals surface area (Å²) in [5, 5.41) is 12.0. The van der Waals surface area contributed by atoms with Gasteiger partial charge in [-0.15, -0.1) is 10.2 Å². The Balaban J connectivity index is 1.34. The normalized spacial score (nSPS) is 12.2. The van der Waals surface area contributed by atoms with Crippen molar-refractivity contribution in [2.45, 2.75) is 16.8 Å². The lowest BCUT2D eigenvalue weighted by atomic mass is 10.0. The van der Waals surface area contributed by atoms with Crippen molar-refractivity contribution in [1.29, 1.82) is 0 Å². The van der Waals surface area contributed by atoms with Crippen LogP contribution < -0.4 is 5.84 Å². The zero-order valence-corrected chi connectivity index (χ0v) is 20.2. The van der Waals surface area contributed by atoms with Crippen molar-refractivity contribution in [1.82, 2.24) is 19.9 Å². The third kappa shape index (κ3) is 4.03. The zero-order chi connectivity index (χ0) is 24.5. The molecule has 0 aliphatic rings. The Hall–Kier alpha value is -4.36. The molecule has 0 fully saturated rings. The minimum Gasteiger partial charge on any atom is -0.360 e. The molecule has 0 spiro atoms. The van der Waals surface area contributed by atoms with E-state index in [1.54, 1.807) is 6.20 Å². The van der Waals surface area contributed by atoms with E-state index in [1.807, 2.05) is 72.8 Å². The number of carbonyl (C=O) groups is 1. The summed E-state index contributed by atoms with van der Waals surface area (Å²) in [6, 6.07) is 32.0. The predicted molar refractivity (Wildman–Crippen MR) is 145 cm³/mol. The van der Waals surface area contributed by atoms with Gasteiger partial charge in [0.05, 0.1) is 0 Å². The number of fused-ring (bicyclic) bond motifs is 2. The first-order valence-corrected chi connectivity index (χ1v) is 12.5. The van der Waals surface area contributed by atoms with E-state index in [0.717, 1.165) is 27.4 Å². The minimum absolute atomic E-state index is 0.0118. The largest absolute Gasteiger partial charge is 0.360 e. The fourth-order valence-electron chi connectivity index (χ4n) is 4.55. The predicted octanol–water partition coefficient (Wildman–Crippen LogP) is 5.93. The molecule has 7 heteroatoms. The molecule has 3 N–H and O–H groups in total. The van der Waals surface area contributed by atoms with Crippen LogP contribution in [0.15, 0.2) is 108 Å². The molecule has 6 nitrogen and oxygen atoms in total. The fraction of sp³-hybridized carbons (Fsp3) is 0.0690. The Morgan fingerprint density at radius 2 is 1.58 bits per heavy atom. The van der Waals surface area contributed by atoms with E-state index in [2.05, 4.69) is 39.4 Å². The monoisotopic (exact) mass is 489 g/mol. The number of benzene rings is 4. The lowest BCUT2D eigenvalue weighted by Crippen LogP contribution is -2.16. The highest BCUT2D eigenvalue weighted by atomic mass is 32.2. The van der Waals surface area contributed by atoms with Crippen molar-refractivity contribution >= 4 is 39.2 Å². The Morgan fingerprint density at radius 3 is 2.44 bits per heavy atom. The van der Waals surface area contributed by atoms with Gasteiger partial charge < -0.3 is 10.8 Å². The third-order valence-electron chi connectivity index (χ3n) is 6.38. The number of thioether (sulfide) groups is 1. The first kappa shape index (κ1) is 22.1. The molecule has 4 aromatic carbocycles. The van der Waals surface area contributed by atoms with Crippen LogP contribution in [0.5, 0.6) is 0 Å². The molecule has 2 aromatic heterocycles. The quantitative estimate of drug-likeness (QED) is 0.165. The number of carbonyl (C=O) groups excluding carboxylic acids is 1. The molecule has 0 saturated carbocycles. The average molecular weight is 490 g/mol. The molecule has 2 heterocycles. The van der Waals surface area contributed by atoms with Crippen molar-refractivity contribution in [3.8, 4) is 0 Å². The fourth-order valence-corrected chi connectivity index (χ4v) is 5.59. The number of ketones is 1. The van der Waals surface area contributed by atoms with Crippen LogP contribution in [0.3, 0.4) is 0 Å². The van der Waals surface area contributed by atoms with Crippen LogP contribution >= 0.6 is 11.8 Å². The Kier molecular flexibility index (Phi) is 5.75. The minimum atomic E-state index is -0.526. The highest BCUT2D eigenvalue weighted by Gasteiger charge is 2.28. The molecule has 6 rings (SSSR count). The molecule has 0 radical (unpaired) electrons. The summed E-state index contributed by atoms with van der Waals surface area (Å²) >= 11 is 1.32. The number of rotatable bonds is 7. The average Bonchev–Trinajstić information content (AvgIpc) is 3.51. The van der Waals surface area contributed by atoms with E-state index in [4.69, 9.17) is 5.84 Å². The molecule has 1 unspecified atom stereocenters. The van der Waals surface area contributed by atoms with E-state index >= 15 is 0 Å². The first-order valence-electron chi connectivity index (χ1n) is 11.7. The van der Waals surface area contributed by atoms with Gasteiger partial charge in [0.2, 0.25) is 5.16 Å². The maximum atomic E-state index is 13.8. The Morgan fingerprint density at radius 1 is 0.861 bits per heavy atom. The summed E-state index contributed by atoms with van der Waals surface area (Å²) in [7, 11) is 0. The summed E-state index contributed by atoms with van der Waals surface area (Å²) in [6.07, 6.45) is 2.32. The topological polar surface area (TPSA) is 89.6 Å². The van der Waals surface area contributed by atoms with Gasteiger partial charge in [0.15, 0.2) is 11.6 Å². The number of nitrogen functional groups attached to an aromatic ring is 1. The van der Waals surface area contributed by atoms with Gasteiger partial charge in [0.25, 0.3) is 0 Å². The second-order valence-electron chi connectivity index (χ2n) is 8.60. The van der Waals surface area contributed by atoms with E-state index in [9.17, 15) is 4.79 Å². The molecular formula is C29H23N5OS. The molecule has 1 atom stereocenters. The van der Waals surface area contributed by atoms with Gasteiger partial charge in [-0.1, -0.05) is 103 Å². The van der Waals surface area contributed by atoms with E-state index in [1.165, 1.54) is 21.8 Å². The standard InChI is InChI=1S/C29H23N5OS/c30-34-26(17-21-13-8-12-19-9-4-5-14-22(19)21)32-33-29(34)36-28(20-10-2-1-3-11-20)27(35)24-18-31-25-16-7-6-15-23(24)25/h1-16,18,28,31H,17,30H2.